The summed E-state index contributed by atoms with van der Waals surface area (Å²) in [5.74, 6) is 1.56. The van der Waals surface area contributed by atoms with Gasteiger partial charge in [0.2, 0.25) is 0 Å². The van der Waals surface area contributed by atoms with E-state index in [2.05, 4.69) is 31.6 Å². The second-order valence-corrected chi connectivity index (χ2v) is 5.87. The number of nitrogens with one attached hydrogen (secondary N) is 1. The van der Waals surface area contributed by atoms with Crippen LogP contribution in [0.3, 0.4) is 0 Å². The monoisotopic (exact) mass is 340 g/mol. The van der Waals surface area contributed by atoms with Crippen molar-refractivity contribution in [3.05, 3.63) is 27.7 Å². The van der Waals surface area contributed by atoms with Gasteiger partial charge in [0, 0.05) is 17.5 Å². The van der Waals surface area contributed by atoms with Crippen molar-refractivity contribution in [2.24, 2.45) is 0 Å². The molecule has 2 aromatic rings. The minimum absolute atomic E-state index is 0.589. The number of aromatic nitrogens is 1. The minimum atomic E-state index is 0.589. The van der Waals surface area contributed by atoms with Crippen molar-refractivity contribution < 1.29 is 9.47 Å². The van der Waals surface area contributed by atoms with Crippen molar-refractivity contribution in [3.63, 3.8) is 0 Å². The lowest BCUT2D eigenvalue weighted by Gasteiger charge is -2.20. The zero-order valence-electron chi connectivity index (χ0n) is 10.4. The number of fused-ring (bicyclic) bond motifs is 1. The summed E-state index contributed by atoms with van der Waals surface area (Å²) in [7, 11) is 1.92. The lowest BCUT2D eigenvalue weighted by Crippen LogP contribution is -2.15. The molecule has 19 heavy (non-hydrogen) atoms. The fourth-order valence-corrected chi connectivity index (χ4v) is 3.30. The SMILES string of the molecule is CNCc1csc(-c2cc(Br)c3c(c2)OCCO3)n1. The van der Waals surface area contributed by atoms with E-state index in [1.165, 1.54) is 0 Å². The maximum Gasteiger partial charge on any atom is 0.175 e. The van der Waals surface area contributed by atoms with Crippen molar-refractivity contribution in [1.82, 2.24) is 10.3 Å². The average molecular weight is 341 g/mol. The van der Waals surface area contributed by atoms with Crippen LogP contribution in [0.5, 0.6) is 11.5 Å². The molecule has 0 unspecified atom stereocenters. The Morgan fingerprint density at radius 1 is 1.37 bits per heavy atom. The van der Waals surface area contributed by atoms with Crippen LogP contribution in [-0.4, -0.2) is 25.2 Å². The predicted molar refractivity (Wildman–Crippen MR) is 79.0 cm³/mol. The Bertz CT molecular complexity index is 600. The predicted octanol–water partition coefficient (Wildman–Crippen LogP) is 3.06. The summed E-state index contributed by atoms with van der Waals surface area (Å²) in [4.78, 5) is 4.60. The number of halogens is 1. The second-order valence-electron chi connectivity index (χ2n) is 4.16. The molecule has 0 atom stereocenters. The molecule has 0 bridgehead atoms. The van der Waals surface area contributed by atoms with E-state index in [-0.39, 0.29) is 0 Å². The molecule has 0 radical (unpaired) electrons. The number of ether oxygens (including phenoxy) is 2. The van der Waals surface area contributed by atoms with Gasteiger partial charge in [0.15, 0.2) is 11.5 Å². The molecule has 4 nitrogen and oxygen atoms in total. The van der Waals surface area contributed by atoms with Crippen LogP contribution in [0, 0.1) is 0 Å². The molecule has 2 heterocycles. The molecule has 0 fully saturated rings. The van der Waals surface area contributed by atoms with Gasteiger partial charge in [0.25, 0.3) is 0 Å². The maximum atomic E-state index is 5.63. The molecule has 1 N–H and O–H groups in total. The zero-order valence-corrected chi connectivity index (χ0v) is 12.8. The molecule has 0 amide bonds. The fourth-order valence-electron chi connectivity index (χ4n) is 1.94. The Morgan fingerprint density at radius 2 is 2.21 bits per heavy atom. The maximum absolute atomic E-state index is 5.63. The van der Waals surface area contributed by atoms with Gasteiger partial charge in [-0.1, -0.05) is 0 Å². The topological polar surface area (TPSA) is 43.4 Å². The Kier molecular flexibility index (Phi) is 3.72. The largest absolute Gasteiger partial charge is 0.486 e. The van der Waals surface area contributed by atoms with Gasteiger partial charge in [-0.25, -0.2) is 4.98 Å². The third-order valence-electron chi connectivity index (χ3n) is 2.75. The van der Waals surface area contributed by atoms with Gasteiger partial charge in [0.1, 0.15) is 18.2 Å². The summed E-state index contributed by atoms with van der Waals surface area (Å²) >= 11 is 5.16. The van der Waals surface area contributed by atoms with Gasteiger partial charge >= 0.3 is 0 Å². The average Bonchev–Trinajstić information content (AvgIpc) is 2.88. The van der Waals surface area contributed by atoms with Crippen molar-refractivity contribution in [3.8, 4) is 22.1 Å². The summed E-state index contributed by atoms with van der Waals surface area (Å²) in [6, 6.07) is 4.01. The van der Waals surface area contributed by atoms with Crippen LogP contribution in [0.2, 0.25) is 0 Å². The van der Waals surface area contributed by atoms with Gasteiger partial charge in [-0.15, -0.1) is 11.3 Å². The van der Waals surface area contributed by atoms with E-state index in [0.717, 1.165) is 38.8 Å². The summed E-state index contributed by atoms with van der Waals surface area (Å²) in [6.45, 7) is 1.96. The van der Waals surface area contributed by atoms with Crippen molar-refractivity contribution >= 4 is 27.3 Å². The van der Waals surface area contributed by atoms with E-state index in [4.69, 9.17) is 9.47 Å². The normalized spacial score (nSPS) is 13.6. The standard InChI is InChI=1S/C13H13BrN2O2S/c1-15-6-9-7-19-13(16-9)8-4-10(14)12-11(5-8)17-2-3-18-12/h4-5,7,15H,2-3,6H2,1H3. The number of nitrogens with zero attached hydrogens (tertiary/aromatic N) is 1. The van der Waals surface area contributed by atoms with Crippen molar-refractivity contribution in [1.29, 1.82) is 0 Å². The van der Waals surface area contributed by atoms with Crippen LogP contribution in [-0.2, 0) is 6.54 Å². The lowest BCUT2D eigenvalue weighted by atomic mass is 10.2. The molecule has 100 valence electrons. The van der Waals surface area contributed by atoms with Crippen LogP contribution in [0.1, 0.15) is 5.69 Å². The van der Waals surface area contributed by atoms with Gasteiger partial charge < -0.3 is 14.8 Å². The first kappa shape index (κ1) is 12.9. The first-order chi connectivity index (χ1) is 9.28. The van der Waals surface area contributed by atoms with E-state index in [1.807, 2.05) is 19.2 Å². The Labute approximate surface area is 123 Å². The molecular formula is C13H13BrN2O2S. The Hall–Kier alpha value is -1.11. The zero-order chi connectivity index (χ0) is 13.2. The van der Waals surface area contributed by atoms with Crippen LogP contribution < -0.4 is 14.8 Å². The van der Waals surface area contributed by atoms with Crippen molar-refractivity contribution in [2.75, 3.05) is 20.3 Å². The van der Waals surface area contributed by atoms with Crippen LogP contribution in [0.4, 0.5) is 0 Å². The fraction of sp³-hybridized carbons (Fsp3) is 0.308. The summed E-state index contributed by atoms with van der Waals surface area (Å²) in [5.41, 5.74) is 2.09. The van der Waals surface area contributed by atoms with Crippen LogP contribution >= 0.6 is 27.3 Å². The van der Waals surface area contributed by atoms with E-state index in [0.29, 0.717) is 13.2 Å². The second kappa shape index (κ2) is 5.48. The lowest BCUT2D eigenvalue weighted by molar-refractivity contribution is 0.170. The van der Waals surface area contributed by atoms with Crippen molar-refractivity contribution in [2.45, 2.75) is 6.54 Å². The summed E-state index contributed by atoms with van der Waals surface area (Å²) in [5, 5.41) is 6.16. The highest BCUT2D eigenvalue weighted by Crippen LogP contribution is 2.41. The quantitative estimate of drug-likeness (QED) is 0.932. The summed E-state index contributed by atoms with van der Waals surface area (Å²) in [6.07, 6.45) is 0. The Balaban J connectivity index is 1.97. The smallest absolute Gasteiger partial charge is 0.175 e. The molecule has 0 aliphatic carbocycles. The Morgan fingerprint density at radius 3 is 3.05 bits per heavy atom. The third-order valence-corrected chi connectivity index (χ3v) is 4.28. The number of rotatable bonds is 3. The molecule has 0 saturated carbocycles. The molecule has 6 heteroatoms. The van der Waals surface area contributed by atoms with Gasteiger partial charge in [-0.2, -0.15) is 0 Å². The minimum Gasteiger partial charge on any atom is -0.486 e. The first-order valence-corrected chi connectivity index (χ1v) is 7.63. The first-order valence-electron chi connectivity index (χ1n) is 5.96. The number of hydrogen-bond donors (Lipinski definition) is 1. The molecule has 3 rings (SSSR count). The number of thiazole rings is 1. The van der Waals surface area contributed by atoms with E-state index < -0.39 is 0 Å². The highest BCUT2D eigenvalue weighted by Gasteiger charge is 2.18. The molecule has 1 aliphatic rings. The molecule has 1 aromatic carbocycles. The molecular weight excluding hydrogens is 328 g/mol. The highest BCUT2D eigenvalue weighted by molar-refractivity contribution is 9.10. The van der Waals surface area contributed by atoms with Gasteiger partial charge in [-0.3, -0.25) is 0 Å². The van der Waals surface area contributed by atoms with E-state index >= 15 is 0 Å². The molecule has 0 spiro atoms. The third kappa shape index (κ3) is 2.61. The van der Waals surface area contributed by atoms with Crippen LogP contribution in [0.15, 0.2) is 22.0 Å². The molecule has 0 saturated heterocycles. The van der Waals surface area contributed by atoms with Crippen LogP contribution in [0.25, 0.3) is 10.6 Å². The number of hydrogen-bond acceptors (Lipinski definition) is 5. The van der Waals surface area contributed by atoms with E-state index in [1.54, 1.807) is 11.3 Å². The molecule has 1 aromatic heterocycles. The highest BCUT2D eigenvalue weighted by atomic mass is 79.9. The number of benzene rings is 1. The van der Waals surface area contributed by atoms with Gasteiger partial charge in [0.05, 0.1) is 10.2 Å². The summed E-state index contributed by atoms with van der Waals surface area (Å²) < 4.78 is 12.1. The molecule has 1 aliphatic heterocycles. The van der Waals surface area contributed by atoms with E-state index in [9.17, 15) is 0 Å². The van der Waals surface area contributed by atoms with Gasteiger partial charge in [-0.05, 0) is 35.1 Å².